The van der Waals surface area contributed by atoms with Crippen molar-refractivity contribution in [1.82, 2.24) is 19.7 Å². The first-order valence-corrected chi connectivity index (χ1v) is 19.5. The fourth-order valence-corrected chi connectivity index (χ4v) is 7.18. The van der Waals surface area contributed by atoms with Crippen LogP contribution in [0.3, 0.4) is 0 Å². The van der Waals surface area contributed by atoms with E-state index in [1.165, 1.54) is 61.4 Å². The first-order chi connectivity index (χ1) is 26.6. The summed E-state index contributed by atoms with van der Waals surface area (Å²) in [7, 11) is 5.74. The third-order valence-corrected chi connectivity index (χ3v) is 10.3. The van der Waals surface area contributed by atoms with E-state index in [4.69, 9.17) is 32.8 Å². The second-order valence-electron chi connectivity index (χ2n) is 14.5. The zero-order valence-corrected chi connectivity index (χ0v) is 32.8. The van der Waals surface area contributed by atoms with Crippen molar-refractivity contribution in [3.05, 3.63) is 106 Å². The van der Waals surface area contributed by atoms with E-state index in [1.807, 2.05) is 88.4 Å². The van der Waals surface area contributed by atoms with E-state index < -0.39 is 5.41 Å². The zero-order chi connectivity index (χ0) is 39.0. The number of fused-ring (bicyclic) bond motifs is 1. The monoisotopic (exact) mass is 743 g/mol. The molecule has 6 aromatic rings. The molecule has 0 atom stereocenters. The van der Waals surface area contributed by atoms with Crippen molar-refractivity contribution in [3.8, 4) is 17.3 Å². The first-order valence-electron chi connectivity index (χ1n) is 18.7. The van der Waals surface area contributed by atoms with Crippen LogP contribution in [-0.4, -0.2) is 33.2 Å². The van der Waals surface area contributed by atoms with E-state index >= 15 is 0 Å². The number of nitrogens with zero attached hydrogens (tertiary/aromatic N) is 8. The summed E-state index contributed by atoms with van der Waals surface area (Å²) in [5.74, 6) is 2.51. The number of thiazole rings is 1. The maximum absolute atomic E-state index is 10.5. The maximum atomic E-state index is 10.5. The normalized spacial score (nSPS) is 11.5. The Hall–Kier alpha value is -5.98. The third-order valence-electron chi connectivity index (χ3n) is 9.32. The van der Waals surface area contributed by atoms with E-state index in [0.29, 0.717) is 44.8 Å². The molecular weight excluding hydrogens is 699 g/mol. The quantitative estimate of drug-likeness (QED) is 0.0606. The fourth-order valence-electron chi connectivity index (χ4n) is 6.26. The van der Waals surface area contributed by atoms with Crippen molar-refractivity contribution in [2.45, 2.75) is 85.0 Å². The van der Waals surface area contributed by atoms with Gasteiger partial charge in [-0.3, -0.25) is 0 Å². The van der Waals surface area contributed by atoms with Crippen LogP contribution in [0.4, 0.5) is 34.5 Å². The number of para-hydroxylation sites is 1. The second-order valence-corrected chi connectivity index (χ2v) is 15.5. The van der Waals surface area contributed by atoms with Crippen LogP contribution < -0.4 is 10.6 Å². The Morgan fingerprint density at radius 2 is 1.47 bits per heavy atom. The van der Waals surface area contributed by atoms with Crippen molar-refractivity contribution in [1.29, 1.82) is 10.5 Å². The molecule has 3 aromatic heterocycles. The van der Waals surface area contributed by atoms with Gasteiger partial charge >= 0.3 is 155 Å². The fraction of sp³-hybridized carbons (Fsp3) is 0.302. The van der Waals surface area contributed by atoms with Crippen LogP contribution in [0.1, 0.15) is 99.7 Å². The standard InChI is InChI=1S/C43H44BN10S/c1-6-7-8-9-10-11-14-29-17-21-31(22-18-29)47-39-33(26-45)28(2)37(40(50-39)48-32-23-19-30(25-44)20-24-32)51-52-41-34(27-46)38(43(3,4)5)53-54(41)42-49-35-15-12-13-16-36(35)55-42/h12-13,15-25H,6-11,14H2,1-5H3,(H2,47,48,50). The summed E-state index contributed by atoms with van der Waals surface area (Å²) in [6.07, 6.45) is 8.57. The number of rotatable bonds is 15. The van der Waals surface area contributed by atoms with Crippen molar-refractivity contribution < 1.29 is 0 Å². The Kier molecular flexibility index (Phi) is 12.3. The molecule has 0 saturated heterocycles. The Morgan fingerprint density at radius 3 is 2.13 bits per heavy atom. The van der Waals surface area contributed by atoms with Gasteiger partial charge < -0.3 is 0 Å². The number of pyridine rings is 1. The molecule has 2 N–H and O–H groups in total. The molecule has 0 amide bonds. The molecule has 3 aromatic carbocycles. The summed E-state index contributed by atoms with van der Waals surface area (Å²) < 4.78 is 2.56. The van der Waals surface area contributed by atoms with Crippen molar-refractivity contribution in [2.75, 3.05) is 10.6 Å². The minimum atomic E-state index is -0.470. The number of benzene rings is 3. The molecule has 0 saturated carbocycles. The Balaban J connectivity index is 1.40. The molecule has 275 valence electrons. The molecular formula is C43H44BN10S. The van der Waals surface area contributed by atoms with Gasteiger partial charge in [-0.15, -0.1) is 0 Å². The van der Waals surface area contributed by atoms with E-state index in [-0.39, 0.29) is 5.82 Å². The van der Waals surface area contributed by atoms with Crippen LogP contribution in [0.25, 0.3) is 15.3 Å². The molecule has 0 fully saturated rings. The summed E-state index contributed by atoms with van der Waals surface area (Å²) >= 11 is 1.45. The van der Waals surface area contributed by atoms with Crippen molar-refractivity contribution in [2.24, 2.45) is 10.2 Å². The number of azo groups is 1. The first kappa shape index (κ1) is 38.7. The van der Waals surface area contributed by atoms with E-state index in [0.717, 1.165) is 33.6 Å². The molecule has 0 bridgehead atoms. The van der Waals surface area contributed by atoms with Gasteiger partial charge in [0.05, 0.1) is 15.9 Å². The van der Waals surface area contributed by atoms with Crippen LogP contribution in [0, 0.1) is 29.6 Å². The van der Waals surface area contributed by atoms with Gasteiger partial charge in [-0.05, 0) is 30.5 Å². The molecule has 6 rings (SSSR count). The van der Waals surface area contributed by atoms with Crippen molar-refractivity contribution in [3.63, 3.8) is 0 Å². The Bertz CT molecular complexity index is 2370. The van der Waals surface area contributed by atoms with Crippen LogP contribution in [0.2, 0.25) is 0 Å². The third kappa shape index (κ3) is 9.05. The minimum absolute atomic E-state index is 0.237. The molecule has 10 nitrogen and oxygen atoms in total. The number of hydrogen-bond acceptors (Lipinski definition) is 10. The number of nitriles is 2. The van der Waals surface area contributed by atoms with Gasteiger partial charge in [-0.2, -0.15) is 10.4 Å². The van der Waals surface area contributed by atoms with E-state index in [2.05, 4.69) is 41.8 Å². The van der Waals surface area contributed by atoms with E-state index in [1.54, 1.807) is 4.68 Å². The van der Waals surface area contributed by atoms with E-state index in [9.17, 15) is 10.5 Å². The Labute approximate surface area is 328 Å². The molecule has 0 spiro atoms. The molecule has 0 aliphatic rings. The number of anilines is 4. The molecule has 0 aliphatic carbocycles. The van der Waals surface area contributed by atoms with Gasteiger partial charge in [0.2, 0.25) is 5.13 Å². The predicted octanol–water partition coefficient (Wildman–Crippen LogP) is 11.4. The average molecular weight is 744 g/mol. The van der Waals surface area contributed by atoms with Gasteiger partial charge in [0.15, 0.2) is 0 Å². The Morgan fingerprint density at radius 1 is 0.818 bits per heavy atom. The predicted molar refractivity (Wildman–Crippen MR) is 225 cm³/mol. The SMILES string of the molecule is [B]=Cc1ccc(Nc2nc(Nc3ccc(CCCCCCCC)cc3)c(C#N)c(C)c2N=Nc2c(C#N)c(C(C)(C)C)nn2-c2nc3ccccc3s2)cc1. The number of nitrogens with one attached hydrogen (secondary N) is 2. The van der Waals surface area contributed by atoms with Crippen LogP contribution in [-0.2, 0) is 11.8 Å². The summed E-state index contributed by atoms with van der Waals surface area (Å²) in [6, 6.07) is 28.3. The molecule has 0 unspecified atom stereocenters. The molecule has 3 heterocycles. The molecule has 0 aliphatic heterocycles. The summed E-state index contributed by atoms with van der Waals surface area (Å²) in [5.41, 5.74) is 6.10. The van der Waals surface area contributed by atoms with Gasteiger partial charge in [0.1, 0.15) is 6.07 Å². The number of aromatic nitrogens is 4. The summed E-state index contributed by atoms with van der Waals surface area (Å²) in [6.45, 7) is 10.0. The van der Waals surface area contributed by atoms with Gasteiger partial charge in [0, 0.05) is 5.41 Å². The number of hydrogen-bond donors (Lipinski definition) is 2. The van der Waals surface area contributed by atoms with Crippen LogP contribution in [0.5, 0.6) is 0 Å². The number of aryl methyl sites for hydroxylation is 1. The van der Waals surface area contributed by atoms with Crippen molar-refractivity contribution >= 4 is 69.5 Å². The van der Waals surface area contributed by atoms with Crippen LogP contribution in [0.15, 0.2) is 83.0 Å². The molecule has 1 radical (unpaired) electrons. The number of unbranched alkanes of at least 4 members (excludes halogenated alkanes) is 5. The average Bonchev–Trinajstić information content (AvgIpc) is 3.79. The van der Waals surface area contributed by atoms with Crippen LogP contribution >= 0.6 is 11.3 Å². The zero-order valence-electron chi connectivity index (χ0n) is 32.0. The summed E-state index contributed by atoms with van der Waals surface area (Å²) in [4.78, 5) is 9.73. The van der Waals surface area contributed by atoms with Gasteiger partial charge in [-0.25, -0.2) is 4.98 Å². The van der Waals surface area contributed by atoms with Gasteiger partial charge in [-0.1, -0.05) is 95.4 Å². The van der Waals surface area contributed by atoms with Gasteiger partial charge in [0.25, 0.3) is 0 Å². The topological polar surface area (TPSA) is 140 Å². The molecule has 55 heavy (non-hydrogen) atoms. The summed E-state index contributed by atoms with van der Waals surface area (Å²) in [5, 5.41) is 42.6. The molecule has 12 heteroatoms. The second kappa shape index (κ2) is 17.4.